The molecule has 2 nitrogen and oxygen atoms in total. The second-order valence-corrected chi connectivity index (χ2v) is 11.6. The van der Waals surface area contributed by atoms with Crippen LogP contribution < -0.4 is 0 Å². The minimum Gasteiger partial charge on any atom is -0.292 e. The van der Waals surface area contributed by atoms with Crippen LogP contribution in [0.25, 0.3) is 70.7 Å². The van der Waals surface area contributed by atoms with Crippen LogP contribution in [0.4, 0.5) is 0 Å². The van der Waals surface area contributed by atoms with Crippen LogP contribution in [0.15, 0.2) is 85.1 Å². The molecule has 4 aromatic carbocycles. The van der Waals surface area contributed by atoms with Crippen LogP contribution in [0, 0.1) is 6.92 Å². The van der Waals surface area contributed by atoms with Gasteiger partial charge in [0, 0.05) is 38.0 Å². The Morgan fingerprint density at radius 3 is 2.44 bits per heavy atom. The van der Waals surface area contributed by atoms with E-state index in [1.807, 2.05) is 23.6 Å². The third-order valence-electron chi connectivity index (χ3n) is 8.40. The van der Waals surface area contributed by atoms with E-state index >= 15 is 0 Å². The van der Waals surface area contributed by atoms with Crippen LogP contribution in [0.3, 0.4) is 0 Å². The molecule has 3 heterocycles. The minimum atomic E-state index is 0.974. The first-order chi connectivity index (χ1) is 19.3. The van der Waals surface area contributed by atoms with Crippen molar-refractivity contribution in [3.63, 3.8) is 0 Å². The fourth-order valence-electron chi connectivity index (χ4n) is 6.75. The van der Waals surface area contributed by atoms with E-state index in [2.05, 4.69) is 103 Å². The Kier molecular flexibility index (Phi) is 5.05. The topological polar surface area (TPSA) is 17.8 Å². The fraction of sp³-hybridized carbons (Fsp3) is 0.139. The number of benzene rings is 4. The summed E-state index contributed by atoms with van der Waals surface area (Å²) in [6.45, 7) is 4.55. The first-order valence-electron chi connectivity index (χ1n) is 13.9. The summed E-state index contributed by atoms with van der Waals surface area (Å²) in [6, 6.07) is 24.2. The summed E-state index contributed by atoms with van der Waals surface area (Å²) in [5.41, 5.74) is 8.14. The molecule has 0 unspecified atom stereocenters. The summed E-state index contributed by atoms with van der Waals surface area (Å²) >= 11 is 1.91. The number of allylic oxidation sites excluding steroid dienone is 2. The molecule has 0 saturated carbocycles. The fourth-order valence-corrected chi connectivity index (χ4v) is 8.01. The highest BCUT2D eigenvalue weighted by Gasteiger charge is 2.27. The molecule has 0 saturated heterocycles. The lowest BCUT2D eigenvalue weighted by molar-refractivity contribution is 0.969. The molecule has 0 atom stereocenters. The van der Waals surface area contributed by atoms with Crippen LogP contribution in [-0.4, -0.2) is 9.55 Å². The van der Waals surface area contributed by atoms with Crippen molar-refractivity contribution in [2.45, 2.75) is 33.1 Å². The second kappa shape index (κ2) is 8.65. The number of aromatic nitrogens is 2. The standard InChI is InChI=1S/C36H28N2S/c1-3-4-13-24-22(2)23-14-5-8-17-27(23)34-32(24)33-26-16-7-6-15-25(26)31-28-18-9-10-19-29(28)39-36(31)35(33)38(34)30-20-11-12-21-37-30/h4,6-13,15-21H,3,5,14H2,1-2H3/b13-4-. The first-order valence-corrected chi connectivity index (χ1v) is 14.7. The van der Waals surface area contributed by atoms with Crippen molar-refractivity contribution in [2.24, 2.45) is 0 Å². The SMILES string of the molecule is CC/C=C\c1c(C)c2c(c3c1c1c4ccccc4c4c5ccccc5sc4c1n3-c1ccccn1)C=CCC2. The zero-order chi connectivity index (χ0) is 26.1. The van der Waals surface area contributed by atoms with Gasteiger partial charge in [-0.3, -0.25) is 4.57 Å². The maximum atomic E-state index is 4.95. The van der Waals surface area contributed by atoms with Gasteiger partial charge in [-0.15, -0.1) is 11.3 Å². The van der Waals surface area contributed by atoms with Crippen molar-refractivity contribution in [1.29, 1.82) is 0 Å². The molecule has 0 N–H and O–H groups in total. The average Bonchev–Trinajstić information content (AvgIpc) is 3.55. The van der Waals surface area contributed by atoms with Crippen molar-refractivity contribution in [1.82, 2.24) is 9.55 Å². The maximum Gasteiger partial charge on any atom is 0.137 e. The normalized spacial score (nSPS) is 13.6. The molecule has 7 aromatic rings. The van der Waals surface area contributed by atoms with E-state index in [-0.39, 0.29) is 0 Å². The number of hydrogen-bond acceptors (Lipinski definition) is 2. The molecule has 0 amide bonds. The minimum absolute atomic E-state index is 0.974. The van der Waals surface area contributed by atoms with Crippen LogP contribution in [0.5, 0.6) is 0 Å². The molecule has 0 spiro atoms. The van der Waals surface area contributed by atoms with Gasteiger partial charge in [-0.25, -0.2) is 4.98 Å². The lowest BCUT2D eigenvalue weighted by atomic mass is 9.86. The number of pyridine rings is 1. The zero-order valence-corrected chi connectivity index (χ0v) is 23.0. The number of rotatable bonds is 3. The molecule has 0 radical (unpaired) electrons. The van der Waals surface area contributed by atoms with E-state index in [4.69, 9.17) is 4.98 Å². The Morgan fingerprint density at radius 2 is 1.64 bits per heavy atom. The summed E-state index contributed by atoms with van der Waals surface area (Å²) in [6.07, 6.45) is 14.5. The lowest BCUT2D eigenvalue weighted by Crippen LogP contribution is -2.05. The third kappa shape index (κ3) is 3.11. The summed E-state index contributed by atoms with van der Waals surface area (Å²) in [5, 5.41) is 8.01. The molecule has 1 aliphatic carbocycles. The second-order valence-electron chi connectivity index (χ2n) is 10.5. The van der Waals surface area contributed by atoms with Crippen molar-refractivity contribution >= 4 is 76.2 Å². The Bertz CT molecular complexity index is 2160. The van der Waals surface area contributed by atoms with Gasteiger partial charge in [0.15, 0.2) is 0 Å². The Hall–Kier alpha value is -4.21. The van der Waals surface area contributed by atoms with Gasteiger partial charge in [-0.05, 0) is 71.8 Å². The lowest BCUT2D eigenvalue weighted by Gasteiger charge is -2.20. The van der Waals surface area contributed by atoms with Gasteiger partial charge in [0.05, 0.1) is 15.7 Å². The smallest absolute Gasteiger partial charge is 0.137 e. The summed E-state index contributed by atoms with van der Waals surface area (Å²) in [7, 11) is 0. The Labute approximate surface area is 231 Å². The van der Waals surface area contributed by atoms with Crippen LogP contribution in [0.1, 0.15) is 42.0 Å². The average molecular weight is 521 g/mol. The van der Waals surface area contributed by atoms with Gasteiger partial charge in [0.1, 0.15) is 5.82 Å². The highest BCUT2D eigenvalue weighted by Crippen LogP contribution is 2.50. The Balaban J connectivity index is 1.78. The highest BCUT2D eigenvalue weighted by atomic mass is 32.1. The molecule has 3 aromatic heterocycles. The first kappa shape index (κ1) is 22.7. The molecule has 1 aliphatic rings. The van der Waals surface area contributed by atoms with Crippen molar-refractivity contribution in [3.05, 3.63) is 107 Å². The molecule has 0 aliphatic heterocycles. The van der Waals surface area contributed by atoms with Gasteiger partial charge in [0.2, 0.25) is 0 Å². The van der Waals surface area contributed by atoms with Crippen molar-refractivity contribution in [3.8, 4) is 5.82 Å². The monoisotopic (exact) mass is 520 g/mol. The third-order valence-corrected chi connectivity index (χ3v) is 9.57. The van der Waals surface area contributed by atoms with Crippen molar-refractivity contribution < 1.29 is 0 Å². The predicted octanol–water partition coefficient (Wildman–Crippen LogP) is 10.4. The zero-order valence-electron chi connectivity index (χ0n) is 22.2. The quantitative estimate of drug-likeness (QED) is 0.227. The van der Waals surface area contributed by atoms with Crippen LogP contribution >= 0.6 is 11.3 Å². The number of nitrogens with zero attached hydrogens (tertiary/aromatic N) is 2. The van der Waals surface area contributed by atoms with E-state index in [9.17, 15) is 0 Å². The molecule has 8 rings (SSSR count). The number of thiophene rings is 1. The number of fused-ring (bicyclic) bond motifs is 12. The van der Waals surface area contributed by atoms with Crippen molar-refractivity contribution in [2.75, 3.05) is 0 Å². The largest absolute Gasteiger partial charge is 0.292 e. The summed E-state index contributed by atoms with van der Waals surface area (Å²) in [4.78, 5) is 4.95. The van der Waals surface area contributed by atoms with Gasteiger partial charge < -0.3 is 0 Å². The van der Waals surface area contributed by atoms with E-state index in [0.29, 0.717) is 0 Å². The molecular formula is C36H28N2S. The Morgan fingerprint density at radius 1 is 0.872 bits per heavy atom. The van der Waals surface area contributed by atoms with Gasteiger partial charge in [-0.2, -0.15) is 0 Å². The van der Waals surface area contributed by atoms with Crippen LogP contribution in [0.2, 0.25) is 0 Å². The van der Waals surface area contributed by atoms with Gasteiger partial charge >= 0.3 is 0 Å². The summed E-state index contributed by atoms with van der Waals surface area (Å²) < 4.78 is 5.14. The van der Waals surface area contributed by atoms with E-state index < -0.39 is 0 Å². The van der Waals surface area contributed by atoms with E-state index in [1.165, 1.54) is 75.0 Å². The molecule has 0 fully saturated rings. The molecular weight excluding hydrogens is 492 g/mol. The van der Waals surface area contributed by atoms with Gasteiger partial charge in [-0.1, -0.05) is 79.8 Å². The van der Waals surface area contributed by atoms with E-state index in [1.54, 1.807) is 0 Å². The molecule has 3 heteroatoms. The predicted molar refractivity (Wildman–Crippen MR) is 170 cm³/mol. The molecule has 188 valence electrons. The molecule has 39 heavy (non-hydrogen) atoms. The van der Waals surface area contributed by atoms with E-state index in [0.717, 1.165) is 25.1 Å². The van der Waals surface area contributed by atoms with Gasteiger partial charge in [0.25, 0.3) is 0 Å². The molecule has 0 bridgehead atoms. The maximum absolute atomic E-state index is 4.95. The highest BCUT2D eigenvalue weighted by molar-refractivity contribution is 7.27. The summed E-state index contributed by atoms with van der Waals surface area (Å²) in [5.74, 6) is 0.974. The van der Waals surface area contributed by atoms with Crippen LogP contribution in [-0.2, 0) is 6.42 Å². The number of hydrogen-bond donors (Lipinski definition) is 0.